The largest absolute Gasteiger partial charge is 0.465 e. The SMILES string of the molecule is CCOC(=O)C1(C(N)=O)CC(F)(c2ccc(CN3CCCC3)c(F)c2)C1. The Morgan fingerprint density at radius 3 is 2.46 bits per heavy atom. The molecule has 0 radical (unpaired) electrons. The van der Waals surface area contributed by atoms with Crippen molar-refractivity contribution in [3.05, 3.63) is 35.1 Å². The first-order chi connectivity index (χ1) is 12.3. The van der Waals surface area contributed by atoms with Crippen LogP contribution in [0.25, 0.3) is 0 Å². The molecule has 1 saturated heterocycles. The van der Waals surface area contributed by atoms with Crippen molar-refractivity contribution in [2.45, 2.75) is 44.8 Å². The number of nitrogens with two attached hydrogens (primary N) is 1. The lowest BCUT2D eigenvalue weighted by atomic mass is 9.57. The van der Waals surface area contributed by atoms with E-state index in [9.17, 15) is 14.0 Å². The van der Waals surface area contributed by atoms with Gasteiger partial charge in [0.25, 0.3) is 0 Å². The Kier molecular flexibility index (Phi) is 5.01. The van der Waals surface area contributed by atoms with Crippen LogP contribution < -0.4 is 5.73 Å². The molecule has 0 spiro atoms. The summed E-state index contributed by atoms with van der Waals surface area (Å²) in [6, 6.07) is 4.28. The maximum Gasteiger partial charge on any atom is 0.321 e. The van der Waals surface area contributed by atoms with E-state index in [4.69, 9.17) is 10.5 Å². The number of alkyl halides is 1. The van der Waals surface area contributed by atoms with Gasteiger partial charge in [-0.05, 0) is 44.5 Å². The van der Waals surface area contributed by atoms with Crippen LogP contribution in [0.15, 0.2) is 18.2 Å². The van der Waals surface area contributed by atoms with Crippen LogP contribution in [0.5, 0.6) is 0 Å². The third-order valence-electron chi connectivity index (χ3n) is 5.46. The summed E-state index contributed by atoms with van der Waals surface area (Å²) < 4.78 is 34.5. The number of halogens is 2. The fraction of sp³-hybridized carbons (Fsp3) is 0.579. The van der Waals surface area contributed by atoms with E-state index in [1.807, 2.05) is 0 Å². The molecule has 1 aliphatic carbocycles. The van der Waals surface area contributed by atoms with Crippen molar-refractivity contribution < 1.29 is 23.1 Å². The molecule has 0 bridgehead atoms. The number of amides is 1. The predicted octanol–water partition coefficient (Wildman–Crippen LogP) is 2.41. The van der Waals surface area contributed by atoms with Gasteiger partial charge >= 0.3 is 5.97 Å². The first kappa shape index (κ1) is 18.8. The molecule has 7 heteroatoms. The average molecular weight is 366 g/mol. The fourth-order valence-electron chi connectivity index (χ4n) is 3.93. The van der Waals surface area contributed by atoms with E-state index >= 15 is 4.39 Å². The number of primary amides is 1. The molecule has 26 heavy (non-hydrogen) atoms. The topological polar surface area (TPSA) is 72.6 Å². The van der Waals surface area contributed by atoms with Crippen LogP contribution in [0, 0.1) is 11.2 Å². The molecule has 1 amide bonds. The Morgan fingerprint density at radius 2 is 1.92 bits per heavy atom. The van der Waals surface area contributed by atoms with Gasteiger partial charge in [-0.3, -0.25) is 14.5 Å². The Labute approximate surface area is 151 Å². The quantitative estimate of drug-likeness (QED) is 0.620. The molecule has 0 atom stereocenters. The first-order valence-corrected chi connectivity index (χ1v) is 8.98. The lowest BCUT2D eigenvalue weighted by Gasteiger charge is -2.47. The Morgan fingerprint density at radius 1 is 1.27 bits per heavy atom. The summed E-state index contributed by atoms with van der Waals surface area (Å²) in [5.41, 5.74) is 2.33. The monoisotopic (exact) mass is 366 g/mol. The minimum absolute atomic E-state index is 0.0764. The second-order valence-corrected chi connectivity index (χ2v) is 7.28. The molecule has 1 aliphatic heterocycles. The third kappa shape index (κ3) is 3.20. The summed E-state index contributed by atoms with van der Waals surface area (Å²) >= 11 is 0. The van der Waals surface area contributed by atoms with Crippen molar-refractivity contribution in [3.8, 4) is 0 Å². The molecular formula is C19H24F2N2O3. The van der Waals surface area contributed by atoms with Crippen LogP contribution in [0.1, 0.15) is 43.7 Å². The van der Waals surface area contributed by atoms with E-state index in [2.05, 4.69) is 4.90 Å². The molecular weight excluding hydrogens is 342 g/mol. The number of likely N-dealkylation sites (tertiary alicyclic amines) is 1. The zero-order valence-corrected chi connectivity index (χ0v) is 14.9. The van der Waals surface area contributed by atoms with Crippen molar-refractivity contribution in [1.82, 2.24) is 4.90 Å². The minimum atomic E-state index is -1.96. The van der Waals surface area contributed by atoms with Crippen LogP contribution in [0.3, 0.4) is 0 Å². The van der Waals surface area contributed by atoms with E-state index in [1.54, 1.807) is 13.0 Å². The van der Waals surface area contributed by atoms with Crippen molar-refractivity contribution in [2.75, 3.05) is 19.7 Å². The van der Waals surface area contributed by atoms with Crippen LogP contribution >= 0.6 is 0 Å². The van der Waals surface area contributed by atoms with Gasteiger partial charge in [0.2, 0.25) is 5.91 Å². The number of hydrogen-bond acceptors (Lipinski definition) is 4. The van der Waals surface area contributed by atoms with Gasteiger partial charge in [-0.25, -0.2) is 8.78 Å². The average Bonchev–Trinajstić information content (AvgIpc) is 3.06. The summed E-state index contributed by atoms with van der Waals surface area (Å²) in [6.07, 6.45) is 1.38. The number of carbonyl (C=O) groups is 2. The lowest BCUT2D eigenvalue weighted by molar-refractivity contribution is -0.180. The lowest BCUT2D eigenvalue weighted by Crippen LogP contribution is -2.59. The number of esters is 1. The Bertz CT molecular complexity index is 711. The number of ether oxygens (including phenoxy) is 1. The highest BCUT2D eigenvalue weighted by Crippen LogP contribution is 2.57. The molecule has 1 heterocycles. The molecule has 2 fully saturated rings. The molecule has 1 saturated carbocycles. The number of nitrogens with zero attached hydrogens (tertiary/aromatic N) is 1. The first-order valence-electron chi connectivity index (χ1n) is 8.98. The molecule has 1 aromatic carbocycles. The van der Waals surface area contributed by atoms with Gasteiger partial charge < -0.3 is 10.5 Å². The smallest absolute Gasteiger partial charge is 0.321 e. The fourth-order valence-corrected chi connectivity index (χ4v) is 3.93. The number of benzene rings is 1. The van der Waals surface area contributed by atoms with E-state index in [0.29, 0.717) is 12.1 Å². The van der Waals surface area contributed by atoms with Crippen molar-refractivity contribution in [3.63, 3.8) is 0 Å². The number of carbonyl (C=O) groups excluding carboxylic acids is 2. The molecule has 5 nitrogen and oxygen atoms in total. The van der Waals surface area contributed by atoms with Crippen LogP contribution in [-0.4, -0.2) is 36.5 Å². The maximum absolute atomic E-state index is 15.2. The molecule has 142 valence electrons. The Hall–Kier alpha value is -2.02. The van der Waals surface area contributed by atoms with Crippen LogP contribution in [-0.2, 0) is 26.5 Å². The van der Waals surface area contributed by atoms with Crippen molar-refractivity contribution in [2.24, 2.45) is 11.1 Å². The highest BCUT2D eigenvalue weighted by atomic mass is 19.1. The highest BCUT2D eigenvalue weighted by Gasteiger charge is 2.65. The molecule has 0 unspecified atom stereocenters. The molecule has 2 aliphatic rings. The van der Waals surface area contributed by atoms with Gasteiger partial charge in [0, 0.05) is 24.9 Å². The van der Waals surface area contributed by atoms with Crippen molar-refractivity contribution in [1.29, 1.82) is 0 Å². The molecule has 3 rings (SSSR count). The van der Waals surface area contributed by atoms with E-state index in [1.165, 1.54) is 12.1 Å². The van der Waals surface area contributed by atoms with Gasteiger partial charge in [-0.2, -0.15) is 0 Å². The van der Waals surface area contributed by atoms with Crippen LogP contribution in [0.2, 0.25) is 0 Å². The number of rotatable bonds is 6. The predicted molar refractivity (Wildman–Crippen MR) is 91.2 cm³/mol. The van der Waals surface area contributed by atoms with Gasteiger partial charge in [-0.15, -0.1) is 0 Å². The van der Waals surface area contributed by atoms with E-state index in [0.717, 1.165) is 25.9 Å². The maximum atomic E-state index is 15.2. The third-order valence-corrected chi connectivity index (χ3v) is 5.46. The zero-order chi connectivity index (χ0) is 18.9. The second-order valence-electron chi connectivity index (χ2n) is 7.28. The molecule has 0 aromatic heterocycles. The zero-order valence-electron chi connectivity index (χ0n) is 14.9. The number of hydrogen-bond donors (Lipinski definition) is 1. The summed E-state index contributed by atoms with van der Waals surface area (Å²) in [7, 11) is 0. The summed E-state index contributed by atoms with van der Waals surface area (Å²) in [5, 5.41) is 0. The van der Waals surface area contributed by atoms with Crippen molar-refractivity contribution >= 4 is 11.9 Å². The Balaban J connectivity index is 1.76. The van der Waals surface area contributed by atoms with Gasteiger partial charge in [0.15, 0.2) is 5.41 Å². The van der Waals surface area contributed by atoms with Crippen LogP contribution in [0.4, 0.5) is 8.78 Å². The minimum Gasteiger partial charge on any atom is -0.465 e. The molecule has 1 aromatic rings. The van der Waals surface area contributed by atoms with Gasteiger partial charge in [0.1, 0.15) is 11.5 Å². The second kappa shape index (κ2) is 6.95. The summed E-state index contributed by atoms with van der Waals surface area (Å²) in [5.74, 6) is -2.19. The van der Waals surface area contributed by atoms with E-state index in [-0.39, 0.29) is 12.2 Å². The highest BCUT2D eigenvalue weighted by molar-refractivity contribution is 6.03. The van der Waals surface area contributed by atoms with E-state index < -0.39 is 41.6 Å². The molecule has 2 N–H and O–H groups in total. The van der Waals surface area contributed by atoms with Gasteiger partial charge in [-0.1, -0.05) is 12.1 Å². The summed E-state index contributed by atoms with van der Waals surface area (Å²) in [4.78, 5) is 25.9. The van der Waals surface area contributed by atoms with Gasteiger partial charge in [0.05, 0.1) is 6.61 Å². The standard InChI is InChI=1S/C19H24F2N2O3/c1-2-26-17(25)18(16(22)24)11-19(21,12-18)14-6-5-13(15(20)9-14)10-23-7-3-4-8-23/h5-6,9H,2-4,7-8,10-12H2,1H3,(H2,22,24). The summed E-state index contributed by atoms with van der Waals surface area (Å²) in [6.45, 7) is 4.05. The normalized spacial score (nSPS) is 28.6.